The average Bonchev–Trinajstić information content (AvgIpc) is 3.17. The zero-order chi connectivity index (χ0) is 17.3. The number of aromatic amines is 1. The first-order chi connectivity index (χ1) is 12.2. The van der Waals surface area contributed by atoms with Crippen LogP contribution in [0.3, 0.4) is 0 Å². The number of hydrogen-bond acceptors (Lipinski definition) is 6. The van der Waals surface area contributed by atoms with Gasteiger partial charge in [0.2, 0.25) is 0 Å². The van der Waals surface area contributed by atoms with E-state index in [1.54, 1.807) is 6.33 Å². The van der Waals surface area contributed by atoms with Crippen LogP contribution in [0.15, 0.2) is 43.0 Å². The van der Waals surface area contributed by atoms with E-state index in [-0.39, 0.29) is 5.97 Å². The molecule has 0 bridgehead atoms. The highest BCUT2D eigenvalue weighted by atomic mass is 16.5. The number of carbonyl (C=O) groups is 1. The molecule has 4 rings (SSSR count). The van der Waals surface area contributed by atoms with Crippen LogP contribution in [-0.2, 0) is 14.9 Å². The van der Waals surface area contributed by atoms with Crippen LogP contribution in [0.5, 0.6) is 0 Å². The summed E-state index contributed by atoms with van der Waals surface area (Å²) in [5.41, 5.74) is 1.88. The SMILES string of the molecule is COC(=O)C1(c2ccccc2)CCN(c2ncnc3nc[nH]c23)CC1. The standard InChI is InChI=1S/C18H19N5O2/c1-25-17(24)18(13-5-3-2-4-6-13)7-9-23(10-8-18)16-14-15(20-11-19-14)21-12-22-16/h2-6,11-12H,7-10H2,1H3,(H,19,20,21,22). The molecule has 0 saturated carbocycles. The Morgan fingerprint density at radius 2 is 1.92 bits per heavy atom. The Bertz CT molecular complexity index is 885. The number of imidazole rings is 1. The van der Waals surface area contributed by atoms with E-state index in [4.69, 9.17) is 4.74 Å². The highest BCUT2D eigenvalue weighted by Crippen LogP contribution is 2.38. The third kappa shape index (κ3) is 2.52. The van der Waals surface area contributed by atoms with Crippen LogP contribution in [0, 0.1) is 0 Å². The lowest BCUT2D eigenvalue weighted by Gasteiger charge is -2.40. The molecule has 1 saturated heterocycles. The van der Waals surface area contributed by atoms with Crippen LogP contribution in [0.25, 0.3) is 11.2 Å². The van der Waals surface area contributed by atoms with Crippen molar-refractivity contribution in [3.05, 3.63) is 48.5 Å². The Hall–Kier alpha value is -2.96. The van der Waals surface area contributed by atoms with Gasteiger partial charge >= 0.3 is 5.97 Å². The van der Waals surface area contributed by atoms with E-state index in [1.807, 2.05) is 30.3 Å². The third-order valence-electron chi connectivity index (χ3n) is 5.02. The number of fused-ring (bicyclic) bond motifs is 1. The van der Waals surface area contributed by atoms with Crippen LogP contribution in [-0.4, -0.2) is 46.1 Å². The van der Waals surface area contributed by atoms with Gasteiger partial charge in [0.1, 0.15) is 11.8 Å². The fraction of sp³-hybridized carbons (Fsp3) is 0.333. The molecule has 3 heterocycles. The third-order valence-corrected chi connectivity index (χ3v) is 5.02. The molecule has 0 unspecified atom stereocenters. The second kappa shape index (κ2) is 6.16. The maximum Gasteiger partial charge on any atom is 0.316 e. The van der Waals surface area contributed by atoms with Crippen LogP contribution >= 0.6 is 0 Å². The van der Waals surface area contributed by atoms with Crippen LogP contribution in [0.2, 0.25) is 0 Å². The molecule has 7 nitrogen and oxygen atoms in total. The zero-order valence-electron chi connectivity index (χ0n) is 14.0. The highest BCUT2D eigenvalue weighted by Gasteiger charge is 2.44. The Morgan fingerprint density at radius 3 is 2.64 bits per heavy atom. The molecule has 128 valence electrons. The largest absolute Gasteiger partial charge is 0.468 e. The number of aromatic nitrogens is 4. The Morgan fingerprint density at radius 1 is 1.16 bits per heavy atom. The van der Waals surface area contributed by atoms with Crippen LogP contribution < -0.4 is 4.90 Å². The highest BCUT2D eigenvalue weighted by molar-refractivity contribution is 5.85. The summed E-state index contributed by atoms with van der Waals surface area (Å²) >= 11 is 0. The van der Waals surface area contributed by atoms with E-state index in [0.717, 1.165) is 16.9 Å². The normalized spacial score (nSPS) is 16.8. The molecular formula is C18H19N5O2. The van der Waals surface area contributed by atoms with E-state index in [2.05, 4.69) is 24.8 Å². The zero-order valence-corrected chi connectivity index (χ0v) is 14.0. The number of hydrogen-bond donors (Lipinski definition) is 1. The van der Waals surface area contributed by atoms with Gasteiger partial charge in [0.05, 0.1) is 18.9 Å². The molecule has 1 aliphatic rings. The number of piperidine rings is 1. The van der Waals surface area contributed by atoms with Crippen molar-refractivity contribution < 1.29 is 9.53 Å². The molecule has 3 aromatic rings. The van der Waals surface area contributed by atoms with Crippen LogP contribution in [0.4, 0.5) is 5.82 Å². The Balaban J connectivity index is 1.64. The second-order valence-electron chi connectivity index (χ2n) is 6.23. The molecule has 1 aromatic carbocycles. The average molecular weight is 337 g/mol. The summed E-state index contributed by atoms with van der Waals surface area (Å²) in [4.78, 5) is 30.7. The minimum atomic E-state index is -0.605. The first-order valence-corrected chi connectivity index (χ1v) is 8.27. The Kier molecular flexibility index (Phi) is 3.83. The number of esters is 1. The van der Waals surface area contributed by atoms with Gasteiger partial charge in [0, 0.05) is 13.1 Å². The first-order valence-electron chi connectivity index (χ1n) is 8.27. The van der Waals surface area contributed by atoms with E-state index in [9.17, 15) is 4.79 Å². The summed E-state index contributed by atoms with van der Waals surface area (Å²) in [6.07, 6.45) is 4.49. The molecule has 0 atom stereocenters. The number of nitrogens with one attached hydrogen (secondary N) is 1. The van der Waals surface area contributed by atoms with Gasteiger partial charge in [-0.15, -0.1) is 0 Å². The number of ether oxygens (including phenoxy) is 1. The lowest BCUT2D eigenvalue weighted by molar-refractivity contribution is -0.148. The predicted octanol–water partition coefficient (Wildman–Crippen LogP) is 2.06. The van der Waals surface area contributed by atoms with Crippen molar-refractivity contribution in [2.45, 2.75) is 18.3 Å². The topological polar surface area (TPSA) is 84.0 Å². The minimum Gasteiger partial charge on any atom is -0.468 e. The molecule has 0 spiro atoms. The van der Waals surface area contributed by atoms with E-state index in [0.29, 0.717) is 31.6 Å². The number of carbonyl (C=O) groups excluding carboxylic acids is 1. The van der Waals surface area contributed by atoms with Gasteiger partial charge in [-0.05, 0) is 18.4 Å². The molecule has 1 aliphatic heterocycles. The number of rotatable bonds is 3. The van der Waals surface area contributed by atoms with E-state index < -0.39 is 5.41 Å². The number of anilines is 1. The fourth-order valence-electron chi connectivity index (χ4n) is 3.66. The lowest BCUT2D eigenvalue weighted by Crippen LogP contribution is -2.48. The smallest absolute Gasteiger partial charge is 0.316 e. The molecule has 2 aromatic heterocycles. The molecule has 0 aliphatic carbocycles. The molecule has 0 radical (unpaired) electrons. The van der Waals surface area contributed by atoms with Gasteiger partial charge in [0.25, 0.3) is 0 Å². The quantitative estimate of drug-likeness (QED) is 0.737. The summed E-state index contributed by atoms with van der Waals surface area (Å²) < 4.78 is 5.15. The summed E-state index contributed by atoms with van der Waals surface area (Å²) in [6.45, 7) is 1.41. The van der Waals surface area contributed by atoms with Crippen molar-refractivity contribution in [3.8, 4) is 0 Å². The maximum atomic E-state index is 12.6. The van der Waals surface area contributed by atoms with Crippen molar-refractivity contribution in [3.63, 3.8) is 0 Å². The Labute approximate surface area is 145 Å². The summed E-state index contributed by atoms with van der Waals surface area (Å²) in [5.74, 6) is 0.654. The van der Waals surface area contributed by atoms with E-state index >= 15 is 0 Å². The first kappa shape index (κ1) is 15.6. The van der Waals surface area contributed by atoms with Gasteiger partial charge in [0.15, 0.2) is 11.5 Å². The van der Waals surface area contributed by atoms with Crippen molar-refractivity contribution in [2.75, 3.05) is 25.1 Å². The second-order valence-corrected chi connectivity index (χ2v) is 6.23. The van der Waals surface area contributed by atoms with Crippen molar-refractivity contribution in [1.29, 1.82) is 0 Å². The summed E-state index contributed by atoms with van der Waals surface area (Å²) in [6, 6.07) is 9.89. The molecule has 7 heteroatoms. The van der Waals surface area contributed by atoms with Gasteiger partial charge in [-0.3, -0.25) is 4.79 Å². The van der Waals surface area contributed by atoms with E-state index in [1.165, 1.54) is 13.4 Å². The number of nitrogens with zero attached hydrogens (tertiary/aromatic N) is 4. The minimum absolute atomic E-state index is 0.173. The van der Waals surface area contributed by atoms with Crippen LogP contribution in [0.1, 0.15) is 18.4 Å². The van der Waals surface area contributed by atoms with Crippen molar-refractivity contribution >= 4 is 23.0 Å². The molecule has 0 amide bonds. The number of methoxy groups -OCH3 is 1. The fourth-order valence-corrected chi connectivity index (χ4v) is 3.66. The lowest BCUT2D eigenvalue weighted by atomic mass is 9.72. The maximum absolute atomic E-state index is 12.6. The number of benzene rings is 1. The molecule has 25 heavy (non-hydrogen) atoms. The molecule has 1 fully saturated rings. The van der Waals surface area contributed by atoms with Gasteiger partial charge < -0.3 is 14.6 Å². The molecular weight excluding hydrogens is 318 g/mol. The van der Waals surface area contributed by atoms with Crippen molar-refractivity contribution in [2.24, 2.45) is 0 Å². The summed E-state index contributed by atoms with van der Waals surface area (Å²) in [5, 5.41) is 0. The molecule has 1 N–H and O–H groups in total. The number of H-pyrrole nitrogens is 1. The van der Waals surface area contributed by atoms with Gasteiger partial charge in [-0.25, -0.2) is 15.0 Å². The monoisotopic (exact) mass is 337 g/mol. The van der Waals surface area contributed by atoms with Gasteiger partial charge in [-0.1, -0.05) is 30.3 Å². The van der Waals surface area contributed by atoms with Crippen molar-refractivity contribution in [1.82, 2.24) is 19.9 Å². The summed E-state index contributed by atoms with van der Waals surface area (Å²) in [7, 11) is 1.46. The predicted molar refractivity (Wildman–Crippen MR) is 93.3 cm³/mol. The van der Waals surface area contributed by atoms with Gasteiger partial charge in [-0.2, -0.15) is 0 Å².